The second kappa shape index (κ2) is 9.59. The number of H-pyrrole nitrogens is 1. The van der Waals surface area contributed by atoms with Gasteiger partial charge in [-0.2, -0.15) is 5.10 Å². The van der Waals surface area contributed by atoms with Gasteiger partial charge < -0.3 is 9.88 Å². The fourth-order valence-corrected chi connectivity index (χ4v) is 4.62. The third kappa shape index (κ3) is 4.96. The highest BCUT2D eigenvalue weighted by atomic mass is 32.2. The number of carbonyl (C=O) groups is 1. The lowest BCUT2D eigenvalue weighted by Gasteiger charge is -2.11. The maximum Gasteiger partial charge on any atom is 0.242 e. The molecular formula is C24H29N7O3S. The first kappa shape index (κ1) is 24.6. The van der Waals surface area contributed by atoms with Crippen molar-refractivity contribution >= 4 is 32.7 Å². The van der Waals surface area contributed by atoms with E-state index in [2.05, 4.69) is 25.5 Å². The Hall–Kier alpha value is -3.57. The Morgan fingerprint density at radius 1 is 1.14 bits per heavy atom. The minimum atomic E-state index is -3.56. The van der Waals surface area contributed by atoms with Crippen molar-refractivity contribution in [3.8, 4) is 11.4 Å². The van der Waals surface area contributed by atoms with Gasteiger partial charge >= 0.3 is 0 Å². The molecule has 184 valence electrons. The van der Waals surface area contributed by atoms with E-state index < -0.39 is 10.0 Å². The van der Waals surface area contributed by atoms with Crippen LogP contribution in [0.4, 0.5) is 5.69 Å². The van der Waals surface area contributed by atoms with Gasteiger partial charge in [-0.15, -0.1) is 0 Å². The number of imidazole rings is 1. The van der Waals surface area contributed by atoms with Crippen LogP contribution in [0.2, 0.25) is 0 Å². The maximum absolute atomic E-state index is 12.8. The fraction of sp³-hybridized carbons (Fsp3) is 0.333. The van der Waals surface area contributed by atoms with Crippen molar-refractivity contribution in [1.29, 1.82) is 0 Å². The van der Waals surface area contributed by atoms with Gasteiger partial charge in [-0.3, -0.25) is 9.89 Å². The molecule has 0 spiro atoms. The summed E-state index contributed by atoms with van der Waals surface area (Å²) in [5.41, 5.74) is 2.74. The van der Waals surface area contributed by atoms with Gasteiger partial charge in [0.15, 0.2) is 5.82 Å². The summed E-state index contributed by atoms with van der Waals surface area (Å²) in [6.07, 6.45) is 0.604. The van der Waals surface area contributed by atoms with Crippen LogP contribution in [-0.4, -0.2) is 57.5 Å². The number of sulfonamides is 1. The third-order valence-corrected chi connectivity index (χ3v) is 7.60. The zero-order valence-electron chi connectivity index (χ0n) is 20.4. The van der Waals surface area contributed by atoms with Gasteiger partial charge in [-0.1, -0.05) is 26.0 Å². The van der Waals surface area contributed by atoms with Crippen molar-refractivity contribution in [3.63, 3.8) is 0 Å². The molecule has 35 heavy (non-hydrogen) atoms. The monoisotopic (exact) mass is 495 g/mol. The molecule has 4 aromatic rings. The van der Waals surface area contributed by atoms with E-state index in [1.807, 2.05) is 49.7 Å². The van der Waals surface area contributed by atoms with Gasteiger partial charge in [0.1, 0.15) is 11.6 Å². The molecule has 4 rings (SSSR count). The van der Waals surface area contributed by atoms with E-state index in [0.29, 0.717) is 29.3 Å². The molecule has 11 heteroatoms. The van der Waals surface area contributed by atoms with Crippen LogP contribution in [0.5, 0.6) is 0 Å². The summed E-state index contributed by atoms with van der Waals surface area (Å²) in [6, 6.07) is 12.3. The van der Waals surface area contributed by atoms with Gasteiger partial charge in [-0.25, -0.2) is 22.7 Å². The van der Waals surface area contributed by atoms with E-state index in [9.17, 15) is 13.2 Å². The minimum absolute atomic E-state index is 0.167. The van der Waals surface area contributed by atoms with E-state index in [1.54, 1.807) is 18.2 Å². The maximum atomic E-state index is 12.8. The first-order chi connectivity index (χ1) is 16.6. The molecule has 0 unspecified atom stereocenters. The first-order valence-corrected chi connectivity index (χ1v) is 12.7. The van der Waals surface area contributed by atoms with Crippen molar-refractivity contribution in [2.24, 2.45) is 7.05 Å². The SMILES string of the molecule is CC(C)c1nc(-c2ccccc2NC(=O)CCc2nc3cc(S(=O)(=O)N(C)C)ccc3n2C)n[nH]1. The summed E-state index contributed by atoms with van der Waals surface area (Å²) in [5.74, 6) is 2.05. The highest BCUT2D eigenvalue weighted by molar-refractivity contribution is 7.89. The van der Waals surface area contributed by atoms with Crippen molar-refractivity contribution in [2.45, 2.75) is 37.5 Å². The van der Waals surface area contributed by atoms with Crippen LogP contribution in [0.3, 0.4) is 0 Å². The fourth-order valence-electron chi connectivity index (χ4n) is 3.70. The summed E-state index contributed by atoms with van der Waals surface area (Å²) >= 11 is 0. The molecule has 0 radical (unpaired) electrons. The zero-order valence-corrected chi connectivity index (χ0v) is 21.2. The number of aromatic nitrogens is 5. The number of rotatable bonds is 8. The number of aryl methyl sites for hydroxylation is 2. The minimum Gasteiger partial charge on any atom is -0.331 e. The molecule has 0 saturated carbocycles. The van der Waals surface area contributed by atoms with Crippen molar-refractivity contribution in [1.82, 2.24) is 29.0 Å². The summed E-state index contributed by atoms with van der Waals surface area (Å²) in [5, 5.41) is 10.2. The molecule has 10 nitrogen and oxygen atoms in total. The Morgan fingerprint density at radius 2 is 1.89 bits per heavy atom. The molecule has 2 heterocycles. The number of fused-ring (bicyclic) bond motifs is 1. The quantitative estimate of drug-likeness (QED) is 0.386. The number of nitrogens with zero attached hydrogens (tertiary/aromatic N) is 5. The lowest BCUT2D eigenvalue weighted by atomic mass is 10.1. The number of nitrogens with one attached hydrogen (secondary N) is 2. The highest BCUT2D eigenvalue weighted by Gasteiger charge is 2.20. The molecule has 1 amide bonds. The average Bonchev–Trinajstić information content (AvgIpc) is 3.43. The van der Waals surface area contributed by atoms with E-state index >= 15 is 0 Å². The molecule has 0 bridgehead atoms. The summed E-state index contributed by atoms with van der Waals surface area (Å²) < 4.78 is 27.9. The van der Waals surface area contributed by atoms with Gasteiger partial charge in [0.2, 0.25) is 15.9 Å². The predicted molar refractivity (Wildman–Crippen MR) is 134 cm³/mol. The summed E-state index contributed by atoms with van der Waals surface area (Å²) in [4.78, 5) is 22.1. The largest absolute Gasteiger partial charge is 0.331 e. The van der Waals surface area contributed by atoms with Crippen LogP contribution in [0.1, 0.15) is 37.8 Å². The van der Waals surface area contributed by atoms with E-state index in [-0.39, 0.29) is 23.1 Å². The number of anilines is 1. The van der Waals surface area contributed by atoms with Crippen LogP contribution in [0.25, 0.3) is 22.4 Å². The lowest BCUT2D eigenvalue weighted by Crippen LogP contribution is -2.22. The Bertz CT molecular complexity index is 1490. The van der Waals surface area contributed by atoms with Crippen LogP contribution in [-0.2, 0) is 28.3 Å². The second-order valence-corrected chi connectivity index (χ2v) is 11.0. The van der Waals surface area contributed by atoms with Crippen molar-refractivity contribution in [2.75, 3.05) is 19.4 Å². The number of hydrogen-bond acceptors (Lipinski definition) is 6. The Balaban J connectivity index is 1.49. The number of carbonyl (C=O) groups excluding carboxylic acids is 1. The van der Waals surface area contributed by atoms with Crippen molar-refractivity contribution in [3.05, 3.63) is 54.1 Å². The lowest BCUT2D eigenvalue weighted by molar-refractivity contribution is -0.116. The number of aromatic amines is 1. The van der Waals surface area contributed by atoms with Crippen LogP contribution in [0, 0.1) is 0 Å². The molecule has 0 saturated heterocycles. The smallest absolute Gasteiger partial charge is 0.242 e. The number of para-hydroxylation sites is 1. The third-order valence-electron chi connectivity index (χ3n) is 5.79. The molecule has 0 aliphatic carbocycles. The number of hydrogen-bond donors (Lipinski definition) is 2. The standard InChI is InChI=1S/C24H29N7O3S/c1-15(2)23-27-24(29-28-23)17-8-6-7-9-18(17)26-22(32)13-12-21-25-19-14-16(35(33,34)30(3)4)10-11-20(19)31(21)5/h6-11,14-15H,12-13H2,1-5H3,(H,26,32)(H,27,28,29). The van der Waals surface area contributed by atoms with Gasteiger partial charge in [-0.05, 0) is 30.3 Å². The van der Waals surface area contributed by atoms with Crippen LogP contribution in [0.15, 0.2) is 47.4 Å². The first-order valence-electron chi connectivity index (χ1n) is 11.3. The van der Waals surface area contributed by atoms with E-state index in [1.165, 1.54) is 18.4 Å². The molecular weight excluding hydrogens is 466 g/mol. The predicted octanol–water partition coefficient (Wildman–Crippen LogP) is 3.30. The molecule has 0 aliphatic heterocycles. The Labute approximate surface area is 204 Å². The Kier molecular flexibility index (Phi) is 6.73. The highest BCUT2D eigenvalue weighted by Crippen LogP contribution is 2.26. The van der Waals surface area contributed by atoms with Gasteiger partial charge in [0.05, 0.1) is 21.6 Å². The van der Waals surface area contributed by atoms with E-state index in [4.69, 9.17) is 0 Å². The van der Waals surface area contributed by atoms with Gasteiger partial charge in [0, 0.05) is 45.5 Å². The van der Waals surface area contributed by atoms with Gasteiger partial charge in [0.25, 0.3) is 0 Å². The molecule has 0 atom stereocenters. The number of amides is 1. The summed E-state index contributed by atoms with van der Waals surface area (Å²) in [7, 11) is 1.28. The topological polar surface area (TPSA) is 126 Å². The summed E-state index contributed by atoms with van der Waals surface area (Å²) in [6.45, 7) is 4.06. The van der Waals surface area contributed by atoms with Crippen LogP contribution >= 0.6 is 0 Å². The molecule has 0 fully saturated rings. The zero-order chi connectivity index (χ0) is 25.3. The molecule has 2 N–H and O–H groups in total. The average molecular weight is 496 g/mol. The second-order valence-electron chi connectivity index (χ2n) is 8.82. The molecule has 2 aromatic carbocycles. The molecule has 0 aliphatic rings. The number of benzene rings is 2. The van der Waals surface area contributed by atoms with Crippen molar-refractivity contribution < 1.29 is 13.2 Å². The van der Waals surface area contributed by atoms with E-state index in [0.717, 1.165) is 16.9 Å². The van der Waals surface area contributed by atoms with Crippen LogP contribution < -0.4 is 5.32 Å². The molecule has 2 aromatic heterocycles. The normalized spacial score (nSPS) is 12.1. The Morgan fingerprint density at radius 3 is 2.57 bits per heavy atom.